The predicted molar refractivity (Wildman–Crippen MR) is 61.3 cm³/mol. The van der Waals surface area contributed by atoms with Crippen molar-refractivity contribution in [1.82, 2.24) is 9.62 Å². The van der Waals surface area contributed by atoms with Crippen LogP contribution < -0.4 is 4.72 Å². The maximum absolute atomic E-state index is 11.4. The van der Waals surface area contributed by atoms with Crippen molar-refractivity contribution >= 4 is 16.0 Å². The molecule has 17 heavy (non-hydrogen) atoms. The van der Waals surface area contributed by atoms with Crippen LogP contribution >= 0.6 is 0 Å². The molecular weight excluding hydrogens is 248 g/mol. The van der Waals surface area contributed by atoms with Crippen molar-refractivity contribution in [3.63, 3.8) is 0 Å². The molecule has 8 heteroatoms. The first-order valence-corrected chi connectivity index (χ1v) is 7.14. The monoisotopic (exact) mass is 266 g/mol. The highest BCUT2D eigenvalue weighted by Gasteiger charge is 2.14. The highest BCUT2D eigenvalue weighted by atomic mass is 32.2. The third-order valence-electron chi connectivity index (χ3n) is 2.44. The third kappa shape index (κ3) is 6.57. The summed E-state index contributed by atoms with van der Waals surface area (Å²) in [6.07, 6.45) is -0.368. The van der Waals surface area contributed by atoms with Gasteiger partial charge in [-0.25, -0.2) is 13.1 Å². The van der Waals surface area contributed by atoms with Gasteiger partial charge in [0.05, 0.1) is 25.4 Å². The fraction of sp³-hybridized carbons (Fsp3) is 0.889. The smallest absolute Gasteiger partial charge is 0.304 e. The van der Waals surface area contributed by atoms with Crippen molar-refractivity contribution < 1.29 is 23.1 Å². The van der Waals surface area contributed by atoms with E-state index in [9.17, 15) is 13.2 Å². The number of nitrogens with zero attached hydrogens (tertiary/aromatic N) is 1. The lowest BCUT2D eigenvalue weighted by Crippen LogP contribution is -2.41. The van der Waals surface area contributed by atoms with Crippen LogP contribution in [0.25, 0.3) is 0 Å². The standard InChI is InChI=1S/C9H18N2O5S/c12-9(13)1-8-17(14,15)10-2-3-11-4-6-16-7-5-11/h10H,1-8H2,(H,12,13). The molecule has 1 saturated heterocycles. The van der Waals surface area contributed by atoms with Gasteiger partial charge in [0.1, 0.15) is 0 Å². The van der Waals surface area contributed by atoms with Crippen molar-refractivity contribution in [2.75, 3.05) is 45.1 Å². The van der Waals surface area contributed by atoms with Gasteiger partial charge in [-0.3, -0.25) is 9.69 Å². The van der Waals surface area contributed by atoms with Crippen molar-refractivity contribution in [2.45, 2.75) is 6.42 Å². The van der Waals surface area contributed by atoms with E-state index in [1.165, 1.54) is 0 Å². The zero-order valence-electron chi connectivity index (χ0n) is 9.59. The number of ether oxygens (including phenoxy) is 1. The summed E-state index contributed by atoms with van der Waals surface area (Å²) >= 11 is 0. The van der Waals surface area contributed by atoms with Crippen LogP contribution in [-0.4, -0.2) is 69.5 Å². The lowest BCUT2D eigenvalue weighted by molar-refractivity contribution is -0.136. The number of nitrogens with one attached hydrogen (secondary N) is 1. The Morgan fingerprint density at radius 1 is 1.35 bits per heavy atom. The van der Waals surface area contributed by atoms with Gasteiger partial charge in [-0.1, -0.05) is 0 Å². The fourth-order valence-corrected chi connectivity index (χ4v) is 2.47. The van der Waals surface area contributed by atoms with Gasteiger partial charge in [0.2, 0.25) is 10.0 Å². The van der Waals surface area contributed by atoms with E-state index in [-0.39, 0.29) is 12.2 Å². The number of sulfonamides is 1. The Hall–Kier alpha value is -0.700. The third-order valence-corrected chi connectivity index (χ3v) is 3.82. The number of hydrogen-bond acceptors (Lipinski definition) is 5. The Balaban J connectivity index is 2.17. The number of morpholine rings is 1. The zero-order valence-corrected chi connectivity index (χ0v) is 10.4. The Kier molecular flexibility index (Phi) is 5.83. The second kappa shape index (κ2) is 6.90. The van der Waals surface area contributed by atoms with Crippen molar-refractivity contribution in [3.8, 4) is 0 Å². The molecule has 0 amide bonds. The van der Waals surface area contributed by atoms with E-state index < -0.39 is 16.0 Å². The molecule has 0 saturated carbocycles. The molecule has 0 unspecified atom stereocenters. The van der Waals surface area contributed by atoms with E-state index in [4.69, 9.17) is 9.84 Å². The van der Waals surface area contributed by atoms with Crippen molar-refractivity contribution in [3.05, 3.63) is 0 Å². The van der Waals surface area contributed by atoms with Gasteiger partial charge in [-0.05, 0) is 0 Å². The molecule has 0 bridgehead atoms. The molecule has 7 nitrogen and oxygen atoms in total. The summed E-state index contributed by atoms with van der Waals surface area (Å²) in [7, 11) is -3.47. The van der Waals surface area contributed by atoms with Gasteiger partial charge < -0.3 is 9.84 Å². The first kappa shape index (κ1) is 14.4. The average molecular weight is 266 g/mol. The van der Waals surface area contributed by atoms with Crippen LogP contribution in [0.2, 0.25) is 0 Å². The average Bonchev–Trinajstić information content (AvgIpc) is 2.28. The van der Waals surface area contributed by atoms with Gasteiger partial charge >= 0.3 is 5.97 Å². The molecule has 1 aliphatic rings. The fourth-order valence-electron chi connectivity index (χ4n) is 1.48. The Morgan fingerprint density at radius 2 is 2.00 bits per heavy atom. The molecule has 2 N–H and O–H groups in total. The first-order valence-electron chi connectivity index (χ1n) is 5.49. The molecule has 1 fully saturated rings. The summed E-state index contributed by atoms with van der Waals surface area (Å²) < 4.78 is 30.3. The van der Waals surface area contributed by atoms with Gasteiger partial charge in [0.15, 0.2) is 0 Å². The molecule has 0 aromatic carbocycles. The minimum Gasteiger partial charge on any atom is -0.481 e. The molecule has 0 atom stereocenters. The van der Waals surface area contributed by atoms with Crippen LogP contribution in [0.15, 0.2) is 0 Å². The van der Waals surface area contributed by atoms with Crippen LogP contribution in [-0.2, 0) is 19.6 Å². The second-order valence-corrected chi connectivity index (χ2v) is 5.74. The number of carbonyl (C=O) groups is 1. The molecule has 100 valence electrons. The van der Waals surface area contributed by atoms with E-state index in [0.29, 0.717) is 26.3 Å². The lowest BCUT2D eigenvalue weighted by atomic mass is 10.4. The highest BCUT2D eigenvalue weighted by Crippen LogP contribution is 1.96. The normalized spacial score (nSPS) is 18.1. The minimum absolute atomic E-state index is 0.307. The van der Waals surface area contributed by atoms with Crippen molar-refractivity contribution in [2.24, 2.45) is 0 Å². The quantitative estimate of drug-likeness (QED) is 0.595. The molecule has 0 aromatic rings. The maximum atomic E-state index is 11.4. The van der Waals surface area contributed by atoms with E-state index in [2.05, 4.69) is 9.62 Å². The first-order chi connectivity index (χ1) is 7.99. The molecular formula is C9H18N2O5S. The van der Waals surface area contributed by atoms with Crippen LogP contribution in [0.3, 0.4) is 0 Å². The van der Waals surface area contributed by atoms with Crippen LogP contribution in [0, 0.1) is 0 Å². The Morgan fingerprint density at radius 3 is 2.59 bits per heavy atom. The van der Waals surface area contributed by atoms with Gasteiger partial charge in [0.25, 0.3) is 0 Å². The van der Waals surface area contributed by atoms with Gasteiger partial charge in [0, 0.05) is 26.2 Å². The van der Waals surface area contributed by atoms with E-state index in [0.717, 1.165) is 13.1 Å². The molecule has 1 heterocycles. The number of aliphatic carboxylic acids is 1. The molecule has 0 radical (unpaired) electrons. The lowest BCUT2D eigenvalue weighted by Gasteiger charge is -2.26. The largest absolute Gasteiger partial charge is 0.481 e. The Bertz CT molecular complexity index is 337. The summed E-state index contributed by atoms with van der Waals surface area (Å²) in [6.45, 7) is 3.88. The number of carboxylic acid groups (broad SMARTS) is 1. The van der Waals surface area contributed by atoms with Crippen LogP contribution in [0.5, 0.6) is 0 Å². The summed E-state index contributed by atoms with van der Waals surface area (Å²) in [5, 5.41) is 8.39. The maximum Gasteiger partial charge on any atom is 0.304 e. The van der Waals surface area contributed by atoms with E-state index in [1.54, 1.807) is 0 Å². The summed E-state index contributed by atoms with van der Waals surface area (Å²) in [4.78, 5) is 12.4. The molecule has 0 aliphatic carbocycles. The summed E-state index contributed by atoms with van der Waals surface area (Å²) in [5.74, 6) is -1.48. The molecule has 0 aromatic heterocycles. The van der Waals surface area contributed by atoms with Crippen LogP contribution in [0.1, 0.15) is 6.42 Å². The van der Waals surface area contributed by atoms with Gasteiger partial charge in [-0.2, -0.15) is 0 Å². The number of carboxylic acids is 1. The molecule has 1 aliphatic heterocycles. The highest BCUT2D eigenvalue weighted by molar-refractivity contribution is 7.89. The SMILES string of the molecule is O=C(O)CCS(=O)(=O)NCCN1CCOCC1. The number of hydrogen-bond donors (Lipinski definition) is 2. The van der Waals surface area contributed by atoms with Crippen LogP contribution in [0.4, 0.5) is 0 Å². The minimum atomic E-state index is -3.47. The summed E-state index contributed by atoms with van der Waals surface area (Å²) in [6, 6.07) is 0. The second-order valence-electron chi connectivity index (χ2n) is 3.81. The Labute approximate surface area is 101 Å². The number of rotatable bonds is 7. The van der Waals surface area contributed by atoms with E-state index in [1.807, 2.05) is 0 Å². The zero-order chi connectivity index (χ0) is 12.7. The summed E-state index contributed by atoms with van der Waals surface area (Å²) in [5.41, 5.74) is 0. The predicted octanol–water partition coefficient (Wildman–Crippen LogP) is -1.29. The van der Waals surface area contributed by atoms with E-state index >= 15 is 0 Å². The molecule has 0 spiro atoms. The van der Waals surface area contributed by atoms with Gasteiger partial charge in [-0.15, -0.1) is 0 Å². The molecule has 1 rings (SSSR count). The van der Waals surface area contributed by atoms with Crippen molar-refractivity contribution in [1.29, 1.82) is 0 Å². The topological polar surface area (TPSA) is 95.9 Å².